The number of rotatable bonds is 9. The summed E-state index contributed by atoms with van der Waals surface area (Å²) in [6.45, 7) is 3.26. The Morgan fingerprint density at radius 1 is 1.08 bits per heavy atom. The van der Waals surface area contributed by atoms with E-state index >= 15 is 0 Å². The molecular weight excluding hydrogens is 302 g/mol. The van der Waals surface area contributed by atoms with Gasteiger partial charge in [-0.3, -0.25) is 4.79 Å². The number of hydrogen-bond acceptors (Lipinski definition) is 3. The van der Waals surface area contributed by atoms with Gasteiger partial charge in [-0.25, -0.2) is 0 Å². The molecule has 0 heterocycles. The van der Waals surface area contributed by atoms with Gasteiger partial charge in [0.2, 0.25) is 0 Å². The largest absolute Gasteiger partial charge is 0.494 e. The minimum absolute atomic E-state index is 0.0890. The third kappa shape index (κ3) is 5.39. The van der Waals surface area contributed by atoms with Gasteiger partial charge in [-0.15, -0.1) is 0 Å². The zero-order valence-electron chi connectivity index (χ0n) is 14.1. The van der Waals surface area contributed by atoms with Crippen molar-refractivity contribution in [3.63, 3.8) is 0 Å². The molecule has 2 rings (SSSR count). The van der Waals surface area contributed by atoms with Crippen LogP contribution in [0.4, 0.5) is 0 Å². The predicted molar refractivity (Wildman–Crippen MR) is 95.4 cm³/mol. The maximum absolute atomic E-state index is 12.2. The molecular formula is C20H25NO3. The Labute approximate surface area is 143 Å². The molecule has 0 aromatic heterocycles. The summed E-state index contributed by atoms with van der Waals surface area (Å²) in [6.07, 6.45) is 1.50. The van der Waals surface area contributed by atoms with Crippen LogP contribution in [0.1, 0.15) is 41.6 Å². The molecule has 2 aromatic carbocycles. The summed E-state index contributed by atoms with van der Waals surface area (Å²) in [5.74, 6) is 0.923. The molecule has 0 aliphatic rings. The summed E-state index contributed by atoms with van der Waals surface area (Å²) < 4.78 is 5.37. The van der Waals surface area contributed by atoms with Gasteiger partial charge >= 0.3 is 0 Å². The van der Waals surface area contributed by atoms with Crippen LogP contribution in [0.15, 0.2) is 54.6 Å². The number of aliphatic hydroxyl groups excluding tert-OH is 1. The highest BCUT2D eigenvalue weighted by molar-refractivity contribution is 5.94. The van der Waals surface area contributed by atoms with E-state index in [-0.39, 0.29) is 18.4 Å². The summed E-state index contributed by atoms with van der Waals surface area (Å²) >= 11 is 0. The average molecular weight is 327 g/mol. The van der Waals surface area contributed by atoms with Crippen LogP contribution < -0.4 is 10.1 Å². The van der Waals surface area contributed by atoms with Crippen LogP contribution >= 0.6 is 0 Å². The van der Waals surface area contributed by atoms with Crippen LogP contribution in [0.5, 0.6) is 5.75 Å². The van der Waals surface area contributed by atoms with Crippen molar-refractivity contribution >= 4 is 5.91 Å². The number of aliphatic hydroxyl groups is 1. The third-order valence-corrected chi connectivity index (χ3v) is 3.95. The summed E-state index contributed by atoms with van der Waals surface area (Å²) in [4.78, 5) is 12.2. The van der Waals surface area contributed by atoms with E-state index in [2.05, 4.69) is 17.4 Å². The van der Waals surface area contributed by atoms with Crippen LogP contribution in [0.2, 0.25) is 0 Å². The molecule has 4 nitrogen and oxygen atoms in total. The van der Waals surface area contributed by atoms with E-state index in [1.165, 1.54) is 5.56 Å². The smallest absolute Gasteiger partial charge is 0.251 e. The van der Waals surface area contributed by atoms with Crippen molar-refractivity contribution in [3.05, 3.63) is 65.7 Å². The van der Waals surface area contributed by atoms with Gasteiger partial charge in [-0.05, 0) is 55.5 Å². The first kappa shape index (κ1) is 18.0. The Balaban J connectivity index is 1.86. The Hall–Kier alpha value is -2.33. The fourth-order valence-electron chi connectivity index (χ4n) is 2.69. The third-order valence-electron chi connectivity index (χ3n) is 3.95. The van der Waals surface area contributed by atoms with E-state index in [1.807, 2.05) is 25.1 Å². The van der Waals surface area contributed by atoms with Crippen molar-refractivity contribution in [2.45, 2.75) is 25.7 Å². The molecule has 4 heteroatoms. The second-order valence-electron chi connectivity index (χ2n) is 5.62. The molecule has 128 valence electrons. The lowest BCUT2D eigenvalue weighted by molar-refractivity contribution is 0.0952. The van der Waals surface area contributed by atoms with E-state index < -0.39 is 0 Å². The summed E-state index contributed by atoms with van der Waals surface area (Å²) in [5.41, 5.74) is 1.82. The molecule has 1 amide bonds. The number of amides is 1. The lowest BCUT2D eigenvalue weighted by atomic mass is 9.93. The quantitative estimate of drug-likeness (QED) is 0.742. The fourth-order valence-corrected chi connectivity index (χ4v) is 2.69. The molecule has 0 saturated carbocycles. The van der Waals surface area contributed by atoms with Crippen molar-refractivity contribution < 1.29 is 14.6 Å². The van der Waals surface area contributed by atoms with Crippen LogP contribution in [-0.4, -0.2) is 30.8 Å². The zero-order chi connectivity index (χ0) is 17.2. The average Bonchev–Trinajstić information content (AvgIpc) is 2.62. The van der Waals surface area contributed by atoms with Crippen LogP contribution in [0.25, 0.3) is 0 Å². The van der Waals surface area contributed by atoms with Gasteiger partial charge in [0, 0.05) is 18.7 Å². The van der Waals surface area contributed by atoms with Gasteiger partial charge in [-0.2, -0.15) is 0 Å². The highest BCUT2D eigenvalue weighted by Crippen LogP contribution is 2.22. The monoisotopic (exact) mass is 327 g/mol. The molecule has 0 spiro atoms. The molecule has 0 fully saturated rings. The van der Waals surface area contributed by atoms with Crippen molar-refractivity contribution in [1.82, 2.24) is 5.32 Å². The minimum atomic E-state index is -0.0890. The maximum Gasteiger partial charge on any atom is 0.251 e. The van der Waals surface area contributed by atoms with Gasteiger partial charge in [0.15, 0.2) is 0 Å². The molecule has 1 atom stereocenters. The molecule has 0 aliphatic heterocycles. The van der Waals surface area contributed by atoms with E-state index in [1.54, 1.807) is 24.3 Å². The molecule has 1 unspecified atom stereocenters. The van der Waals surface area contributed by atoms with Crippen molar-refractivity contribution in [2.24, 2.45) is 0 Å². The zero-order valence-corrected chi connectivity index (χ0v) is 14.1. The Morgan fingerprint density at radius 2 is 1.79 bits per heavy atom. The lowest BCUT2D eigenvalue weighted by Gasteiger charge is -2.16. The number of carbonyl (C=O) groups excluding carboxylic acids is 1. The normalized spacial score (nSPS) is 11.8. The topological polar surface area (TPSA) is 58.6 Å². The van der Waals surface area contributed by atoms with E-state index in [0.717, 1.165) is 12.2 Å². The van der Waals surface area contributed by atoms with Crippen molar-refractivity contribution in [3.8, 4) is 5.75 Å². The SMILES string of the molecule is CCOc1ccc(C(=O)NCCC(CCO)c2ccccc2)cc1. The van der Waals surface area contributed by atoms with E-state index in [0.29, 0.717) is 25.1 Å². The van der Waals surface area contributed by atoms with Crippen LogP contribution in [0, 0.1) is 0 Å². The minimum Gasteiger partial charge on any atom is -0.494 e. The van der Waals surface area contributed by atoms with Crippen molar-refractivity contribution in [1.29, 1.82) is 0 Å². The van der Waals surface area contributed by atoms with Gasteiger partial charge in [-0.1, -0.05) is 30.3 Å². The van der Waals surface area contributed by atoms with Gasteiger partial charge in [0.1, 0.15) is 5.75 Å². The van der Waals surface area contributed by atoms with E-state index in [4.69, 9.17) is 4.74 Å². The summed E-state index contributed by atoms with van der Waals surface area (Å²) in [6, 6.07) is 17.2. The van der Waals surface area contributed by atoms with Gasteiger partial charge < -0.3 is 15.2 Å². The van der Waals surface area contributed by atoms with Crippen LogP contribution in [-0.2, 0) is 0 Å². The summed E-state index contributed by atoms with van der Waals surface area (Å²) in [7, 11) is 0. The molecule has 24 heavy (non-hydrogen) atoms. The Kier molecular flexibility index (Phi) is 7.30. The Bertz CT molecular complexity index is 611. The van der Waals surface area contributed by atoms with Gasteiger partial charge in [0.25, 0.3) is 5.91 Å². The van der Waals surface area contributed by atoms with Gasteiger partial charge in [0.05, 0.1) is 6.61 Å². The molecule has 2 N–H and O–H groups in total. The predicted octanol–water partition coefficient (Wildman–Crippen LogP) is 3.37. The second kappa shape index (κ2) is 9.73. The maximum atomic E-state index is 12.2. The first-order valence-electron chi connectivity index (χ1n) is 8.41. The van der Waals surface area contributed by atoms with Crippen LogP contribution in [0.3, 0.4) is 0 Å². The molecule has 0 radical (unpaired) electrons. The number of benzene rings is 2. The fraction of sp³-hybridized carbons (Fsp3) is 0.350. The second-order valence-corrected chi connectivity index (χ2v) is 5.62. The van der Waals surface area contributed by atoms with E-state index in [9.17, 15) is 9.90 Å². The highest BCUT2D eigenvalue weighted by Gasteiger charge is 2.12. The summed E-state index contributed by atoms with van der Waals surface area (Å²) in [5, 5.41) is 12.2. The molecule has 0 bridgehead atoms. The Morgan fingerprint density at radius 3 is 2.42 bits per heavy atom. The number of carbonyl (C=O) groups is 1. The number of ether oxygens (including phenoxy) is 1. The standard InChI is InChI=1S/C20H25NO3/c1-2-24-19-10-8-18(9-11-19)20(23)21-14-12-17(13-15-22)16-6-4-3-5-7-16/h3-11,17,22H,2,12-15H2,1H3,(H,21,23). The molecule has 0 saturated heterocycles. The number of hydrogen-bond donors (Lipinski definition) is 2. The molecule has 2 aromatic rings. The lowest BCUT2D eigenvalue weighted by Crippen LogP contribution is -2.25. The number of nitrogens with one attached hydrogen (secondary N) is 1. The van der Waals surface area contributed by atoms with Crippen molar-refractivity contribution in [2.75, 3.05) is 19.8 Å². The first-order valence-corrected chi connectivity index (χ1v) is 8.41. The first-order chi connectivity index (χ1) is 11.7. The molecule has 0 aliphatic carbocycles. The highest BCUT2D eigenvalue weighted by atomic mass is 16.5.